The molecule has 1 aliphatic rings. The smallest absolute Gasteiger partial charge is 0.260 e. The highest BCUT2D eigenvalue weighted by Crippen LogP contribution is 2.38. The number of rotatable bonds is 4. The van der Waals surface area contributed by atoms with Crippen LogP contribution in [0.25, 0.3) is 32.4 Å². The molecule has 5 rings (SSSR count). The number of ether oxygens (including phenoxy) is 1. The van der Waals surface area contributed by atoms with Crippen LogP contribution in [-0.4, -0.2) is 16.6 Å². The van der Waals surface area contributed by atoms with E-state index in [2.05, 4.69) is 30.1 Å². The van der Waals surface area contributed by atoms with Crippen molar-refractivity contribution in [2.24, 2.45) is 0 Å². The number of nitrogens with one attached hydrogen (secondary N) is 1. The first-order valence-electron chi connectivity index (χ1n) is 10.5. The molecule has 29 heavy (non-hydrogen) atoms. The summed E-state index contributed by atoms with van der Waals surface area (Å²) in [5.41, 5.74) is 2.07. The maximum atomic E-state index is 13.1. The molecule has 0 bridgehead atoms. The Balaban J connectivity index is 1.75. The van der Waals surface area contributed by atoms with Crippen LogP contribution in [0.15, 0.2) is 41.2 Å². The molecule has 1 N–H and O–H groups in total. The van der Waals surface area contributed by atoms with Crippen LogP contribution in [0.2, 0.25) is 0 Å². The van der Waals surface area contributed by atoms with Gasteiger partial charge in [0.05, 0.1) is 17.6 Å². The second-order valence-corrected chi connectivity index (χ2v) is 8.75. The Hall–Kier alpha value is -2.66. The Labute approximate surface area is 173 Å². The van der Waals surface area contributed by atoms with Crippen LogP contribution in [0.4, 0.5) is 0 Å². The second-order valence-electron chi connectivity index (χ2n) is 7.67. The van der Waals surface area contributed by atoms with E-state index in [1.807, 2.05) is 18.2 Å². The van der Waals surface area contributed by atoms with Crippen molar-refractivity contribution in [1.82, 2.24) is 9.97 Å². The molecule has 0 spiro atoms. The lowest BCUT2D eigenvalue weighted by molar-refractivity contribution is 0.319. The Morgan fingerprint density at radius 3 is 2.86 bits per heavy atom. The molecule has 0 saturated heterocycles. The quantitative estimate of drug-likeness (QED) is 0.433. The number of thiophene rings is 1. The monoisotopic (exact) mass is 404 g/mol. The fraction of sp³-hybridized carbons (Fsp3) is 0.333. The molecule has 4 nitrogen and oxygen atoms in total. The number of hydrogen-bond acceptors (Lipinski definition) is 4. The van der Waals surface area contributed by atoms with Gasteiger partial charge in [-0.15, -0.1) is 11.3 Å². The number of nitrogens with zero attached hydrogens (tertiary/aromatic N) is 1. The topological polar surface area (TPSA) is 55.0 Å². The molecule has 148 valence electrons. The lowest BCUT2D eigenvalue weighted by atomic mass is 10.0. The Bertz CT molecular complexity index is 1260. The van der Waals surface area contributed by atoms with Crippen molar-refractivity contribution in [2.75, 3.05) is 6.61 Å². The van der Waals surface area contributed by atoms with E-state index >= 15 is 0 Å². The summed E-state index contributed by atoms with van der Waals surface area (Å²) in [5, 5.41) is 2.95. The highest BCUT2D eigenvalue weighted by atomic mass is 32.1. The SMILES string of the molecule is CCCOc1ccc2ccccc2c1-c1nc2sc3c(c2c(=O)[nH]1)CCCCC3. The van der Waals surface area contributed by atoms with Gasteiger partial charge in [0.1, 0.15) is 16.4 Å². The van der Waals surface area contributed by atoms with Crippen LogP contribution in [-0.2, 0) is 12.8 Å². The summed E-state index contributed by atoms with van der Waals surface area (Å²) >= 11 is 1.69. The number of fused-ring (bicyclic) bond motifs is 4. The first kappa shape index (κ1) is 18.4. The maximum absolute atomic E-state index is 13.1. The molecule has 4 aromatic rings. The van der Waals surface area contributed by atoms with E-state index in [4.69, 9.17) is 9.72 Å². The third-order valence-corrected chi connectivity index (χ3v) is 6.85. The number of benzene rings is 2. The number of H-pyrrole nitrogens is 1. The van der Waals surface area contributed by atoms with Crippen molar-refractivity contribution in [3.63, 3.8) is 0 Å². The van der Waals surface area contributed by atoms with Gasteiger partial charge >= 0.3 is 0 Å². The van der Waals surface area contributed by atoms with E-state index in [1.54, 1.807) is 11.3 Å². The predicted octanol–water partition coefficient (Wildman–Crippen LogP) is 5.86. The van der Waals surface area contributed by atoms with Gasteiger partial charge in [0.25, 0.3) is 5.56 Å². The van der Waals surface area contributed by atoms with E-state index in [9.17, 15) is 4.79 Å². The Kier molecular flexibility index (Phi) is 4.84. The number of aromatic amines is 1. The molecule has 0 saturated carbocycles. The Morgan fingerprint density at radius 2 is 1.97 bits per heavy atom. The minimum atomic E-state index is -0.0289. The van der Waals surface area contributed by atoms with Crippen LogP contribution >= 0.6 is 11.3 Å². The molecule has 0 fully saturated rings. The van der Waals surface area contributed by atoms with Crippen molar-refractivity contribution >= 4 is 32.3 Å². The van der Waals surface area contributed by atoms with Gasteiger partial charge in [0.15, 0.2) is 0 Å². The standard InChI is InChI=1S/C24H24N2O2S/c1-2-14-28-18-13-12-15-8-6-7-9-16(15)20(18)22-25-23(27)21-17-10-4-3-5-11-19(17)29-24(21)26-22/h6-9,12-13H,2-5,10-11,14H2,1H3,(H,25,26,27). The van der Waals surface area contributed by atoms with Crippen molar-refractivity contribution in [3.05, 3.63) is 57.2 Å². The minimum absolute atomic E-state index is 0.0289. The molecular weight excluding hydrogens is 380 g/mol. The van der Waals surface area contributed by atoms with Gasteiger partial charge in [0, 0.05) is 4.88 Å². The second kappa shape index (κ2) is 7.64. The highest BCUT2D eigenvalue weighted by Gasteiger charge is 2.21. The lowest BCUT2D eigenvalue weighted by Gasteiger charge is -2.13. The first-order chi connectivity index (χ1) is 14.3. The van der Waals surface area contributed by atoms with E-state index in [0.29, 0.717) is 12.4 Å². The Morgan fingerprint density at radius 1 is 1.10 bits per heavy atom. The normalized spacial score (nSPS) is 14.1. The molecule has 0 amide bonds. The van der Waals surface area contributed by atoms with Crippen molar-refractivity contribution < 1.29 is 4.74 Å². The van der Waals surface area contributed by atoms with Gasteiger partial charge in [-0.05, 0) is 54.5 Å². The molecule has 2 aromatic heterocycles. The third kappa shape index (κ3) is 3.23. The van der Waals surface area contributed by atoms with Crippen molar-refractivity contribution in [3.8, 4) is 17.1 Å². The van der Waals surface area contributed by atoms with Crippen LogP contribution < -0.4 is 10.3 Å². The summed E-state index contributed by atoms with van der Waals surface area (Å²) in [5.74, 6) is 1.37. The maximum Gasteiger partial charge on any atom is 0.260 e. The lowest BCUT2D eigenvalue weighted by Crippen LogP contribution is -2.11. The third-order valence-electron chi connectivity index (χ3n) is 5.66. The fourth-order valence-corrected chi connectivity index (χ4v) is 5.55. The van der Waals surface area contributed by atoms with E-state index < -0.39 is 0 Å². The largest absolute Gasteiger partial charge is 0.493 e. The zero-order valence-electron chi connectivity index (χ0n) is 16.6. The first-order valence-corrected chi connectivity index (χ1v) is 11.3. The summed E-state index contributed by atoms with van der Waals surface area (Å²) in [4.78, 5) is 23.4. The molecule has 0 atom stereocenters. The summed E-state index contributed by atoms with van der Waals surface area (Å²) in [7, 11) is 0. The van der Waals surface area contributed by atoms with Gasteiger partial charge in [-0.2, -0.15) is 0 Å². The number of aryl methyl sites for hydroxylation is 2. The van der Waals surface area contributed by atoms with Gasteiger partial charge in [-0.25, -0.2) is 4.98 Å². The average Bonchev–Trinajstić information content (AvgIpc) is 2.93. The van der Waals surface area contributed by atoms with Gasteiger partial charge < -0.3 is 9.72 Å². The highest BCUT2D eigenvalue weighted by molar-refractivity contribution is 7.18. The summed E-state index contributed by atoms with van der Waals surface area (Å²) < 4.78 is 6.04. The zero-order valence-corrected chi connectivity index (χ0v) is 17.4. The van der Waals surface area contributed by atoms with Crippen molar-refractivity contribution in [1.29, 1.82) is 0 Å². The molecule has 0 aliphatic heterocycles. The summed E-state index contributed by atoms with van der Waals surface area (Å²) in [6.45, 7) is 2.72. The van der Waals surface area contributed by atoms with E-state index in [1.165, 1.54) is 23.3 Å². The predicted molar refractivity (Wildman–Crippen MR) is 120 cm³/mol. The van der Waals surface area contributed by atoms with Gasteiger partial charge in [0.2, 0.25) is 0 Å². The minimum Gasteiger partial charge on any atom is -0.493 e. The summed E-state index contributed by atoms with van der Waals surface area (Å²) in [6, 6.07) is 12.2. The molecule has 2 heterocycles. The van der Waals surface area contributed by atoms with E-state index in [0.717, 1.165) is 58.0 Å². The molecule has 0 radical (unpaired) electrons. The fourth-order valence-electron chi connectivity index (χ4n) is 4.29. The van der Waals surface area contributed by atoms with Gasteiger partial charge in [-0.1, -0.05) is 43.7 Å². The van der Waals surface area contributed by atoms with Crippen LogP contribution in [0.1, 0.15) is 43.0 Å². The van der Waals surface area contributed by atoms with Gasteiger partial charge in [-0.3, -0.25) is 4.79 Å². The molecule has 2 aromatic carbocycles. The molecule has 1 aliphatic carbocycles. The van der Waals surface area contributed by atoms with E-state index in [-0.39, 0.29) is 5.56 Å². The number of hydrogen-bond donors (Lipinski definition) is 1. The molecule has 0 unspecified atom stereocenters. The summed E-state index contributed by atoms with van der Waals surface area (Å²) in [6.07, 6.45) is 6.55. The molecule has 5 heteroatoms. The zero-order chi connectivity index (χ0) is 19.8. The van der Waals surface area contributed by atoms with Crippen LogP contribution in [0.5, 0.6) is 5.75 Å². The van der Waals surface area contributed by atoms with Crippen LogP contribution in [0, 0.1) is 0 Å². The molecular formula is C24H24N2O2S. The average molecular weight is 405 g/mol. The van der Waals surface area contributed by atoms with Crippen LogP contribution in [0.3, 0.4) is 0 Å². The number of aromatic nitrogens is 2. The van der Waals surface area contributed by atoms with Crippen molar-refractivity contribution in [2.45, 2.75) is 45.4 Å².